The fourth-order valence-electron chi connectivity index (χ4n) is 1.97. The van der Waals surface area contributed by atoms with Gasteiger partial charge in [-0.05, 0) is 20.8 Å². The summed E-state index contributed by atoms with van der Waals surface area (Å²) < 4.78 is 16.5. The third-order valence-corrected chi connectivity index (χ3v) is 2.79. The predicted molar refractivity (Wildman–Crippen MR) is 81.1 cm³/mol. The molecule has 0 aliphatic rings. The smallest absolute Gasteiger partial charge is 0.303 e. The Balaban J connectivity index is 3.23. The number of benzene rings is 1. The number of hydrogen-bond acceptors (Lipinski definition) is 5. The first kappa shape index (κ1) is 17.8. The van der Waals surface area contributed by atoms with Gasteiger partial charge in [0.15, 0.2) is 5.78 Å². The molecule has 22 heavy (non-hydrogen) atoms. The highest BCUT2D eigenvalue weighted by Gasteiger charge is 2.21. The fourth-order valence-corrected chi connectivity index (χ4v) is 1.97. The molecule has 0 aliphatic carbocycles. The molecule has 0 saturated carbocycles. The largest absolute Gasteiger partial charge is 0.494 e. The number of carbonyl (C=O) groups excluding carboxylic acids is 1. The van der Waals surface area contributed by atoms with Crippen LogP contribution in [0.1, 0.15) is 44.0 Å². The molecule has 0 radical (unpaired) electrons. The number of ketones is 1. The van der Waals surface area contributed by atoms with E-state index in [1.165, 1.54) is 0 Å². The molecule has 0 atom stereocenters. The predicted octanol–water partition coefficient (Wildman–Crippen LogP) is 2.93. The SMILES string of the molecule is CCOc1cc(OCC)c(C(=O)CCC(=O)O)c(OCC)c1. The summed E-state index contributed by atoms with van der Waals surface area (Å²) in [6, 6.07) is 3.26. The van der Waals surface area contributed by atoms with Crippen molar-refractivity contribution in [3.63, 3.8) is 0 Å². The first-order valence-corrected chi connectivity index (χ1v) is 7.34. The molecule has 0 amide bonds. The van der Waals surface area contributed by atoms with Crippen LogP contribution in [0.5, 0.6) is 17.2 Å². The maximum absolute atomic E-state index is 12.3. The zero-order valence-corrected chi connectivity index (χ0v) is 13.2. The summed E-state index contributed by atoms with van der Waals surface area (Å²) in [6.07, 6.45) is -0.341. The van der Waals surface area contributed by atoms with E-state index in [0.717, 1.165) is 0 Å². The maximum atomic E-state index is 12.3. The molecule has 1 rings (SSSR count). The average Bonchev–Trinajstić information content (AvgIpc) is 2.46. The van der Waals surface area contributed by atoms with Gasteiger partial charge in [0.25, 0.3) is 0 Å². The van der Waals surface area contributed by atoms with Crippen molar-refractivity contribution in [3.05, 3.63) is 17.7 Å². The van der Waals surface area contributed by atoms with E-state index in [0.29, 0.717) is 37.1 Å². The van der Waals surface area contributed by atoms with Gasteiger partial charge in [-0.1, -0.05) is 0 Å². The van der Waals surface area contributed by atoms with Gasteiger partial charge in [-0.2, -0.15) is 0 Å². The maximum Gasteiger partial charge on any atom is 0.303 e. The molecule has 122 valence electrons. The summed E-state index contributed by atoms with van der Waals surface area (Å²) in [7, 11) is 0. The first-order chi connectivity index (χ1) is 10.5. The van der Waals surface area contributed by atoms with Gasteiger partial charge >= 0.3 is 5.97 Å². The van der Waals surface area contributed by atoms with Crippen molar-refractivity contribution in [2.75, 3.05) is 19.8 Å². The van der Waals surface area contributed by atoms with Crippen molar-refractivity contribution in [2.24, 2.45) is 0 Å². The van der Waals surface area contributed by atoms with Crippen molar-refractivity contribution in [1.29, 1.82) is 0 Å². The lowest BCUT2D eigenvalue weighted by molar-refractivity contribution is -0.136. The highest BCUT2D eigenvalue weighted by Crippen LogP contribution is 2.35. The highest BCUT2D eigenvalue weighted by molar-refractivity contribution is 6.02. The molecule has 0 heterocycles. The Hall–Kier alpha value is -2.24. The Bertz CT molecular complexity index is 496. The minimum Gasteiger partial charge on any atom is -0.494 e. The van der Waals surface area contributed by atoms with E-state index in [1.807, 2.05) is 6.92 Å². The molecule has 0 aliphatic heterocycles. The van der Waals surface area contributed by atoms with E-state index >= 15 is 0 Å². The number of carbonyl (C=O) groups is 2. The standard InChI is InChI=1S/C16H22O6/c1-4-20-11-9-13(21-5-2)16(14(10-11)22-6-3)12(17)7-8-15(18)19/h9-10H,4-8H2,1-3H3,(H,18,19). The normalized spacial score (nSPS) is 10.1. The Morgan fingerprint density at radius 1 is 0.909 bits per heavy atom. The van der Waals surface area contributed by atoms with E-state index in [1.54, 1.807) is 26.0 Å². The lowest BCUT2D eigenvalue weighted by Crippen LogP contribution is -2.10. The highest BCUT2D eigenvalue weighted by atomic mass is 16.5. The second-order valence-electron chi connectivity index (χ2n) is 4.41. The quantitative estimate of drug-likeness (QED) is 0.669. The molecule has 0 unspecified atom stereocenters. The second kappa shape index (κ2) is 8.92. The van der Waals surface area contributed by atoms with Crippen molar-refractivity contribution in [3.8, 4) is 17.2 Å². The van der Waals surface area contributed by atoms with E-state index < -0.39 is 5.97 Å². The number of ether oxygens (including phenoxy) is 3. The third-order valence-electron chi connectivity index (χ3n) is 2.79. The molecule has 0 bridgehead atoms. The summed E-state index contributed by atoms with van der Waals surface area (Å²) in [5.74, 6) is -0.0867. The molecular weight excluding hydrogens is 288 g/mol. The summed E-state index contributed by atoms with van der Waals surface area (Å²) in [4.78, 5) is 23.0. The second-order valence-corrected chi connectivity index (χ2v) is 4.41. The fraction of sp³-hybridized carbons (Fsp3) is 0.500. The summed E-state index contributed by atoms with van der Waals surface area (Å²) in [6.45, 7) is 6.69. The van der Waals surface area contributed by atoms with Crippen molar-refractivity contribution in [2.45, 2.75) is 33.6 Å². The number of rotatable bonds is 10. The minimum atomic E-state index is -1.02. The number of hydrogen-bond donors (Lipinski definition) is 1. The molecule has 1 aromatic rings. The first-order valence-electron chi connectivity index (χ1n) is 7.34. The summed E-state index contributed by atoms with van der Waals surface area (Å²) >= 11 is 0. The van der Waals surface area contributed by atoms with E-state index in [9.17, 15) is 9.59 Å². The zero-order valence-electron chi connectivity index (χ0n) is 13.2. The molecule has 0 saturated heterocycles. The van der Waals surface area contributed by atoms with Crippen LogP contribution in [0.4, 0.5) is 0 Å². The zero-order chi connectivity index (χ0) is 16.5. The molecule has 0 fully saturated rings. The molecule has 0 spiro atoms. The van der Waals surface area contributed by atoms with E-state index in [-0.39, 0.29) is 24.2 Å². The van der Waals surface area contributed by atoms with Gasteiger partial charge in [0.1, 0.15) is 22.8 Å². The van der Waals surface area contributed by atoms with Gasteiger partial charge in [-0.3, -0.25) is 9.59 Å². The summed E-state index contributed by atoms with van der Waals surface area (Å²) in [5.41, 5.74) is 0.272. The topological polar surface area (TPSA) is 82.1 Å². The van der Waals surface area contributed by atoms with Gasteiger partial charge < -0.3 is 19.3 Å². The Morgan fingerprint density at radius 3 is 1.82 bits per heavy atom. The molecule has 6 nitrogen and oxygen atoms in total. The molecule has 6 heteroatoms. The lowest BCUT2D eigenvalue weighted by atomic mass is 10.0. The number of aliphatic carboxylic acids is 1. The van der Waals surface area contributed by atoms with Crippen LogP contribution in [0, 0.1) is 0 Å². The van der Waals surface area contributed by atoms with E-state index in [4.69, 9.17) is 19.3 Å². The van der Waals surface area contributed by atoms with Crippen molar-refractivity contribution in [1.82, 2.24) is 0 Å². The van der Waals surface area contributed by atoms with Crippen molar-refractivity contribution >= 4 is 11.8 Å². The van der Waals surface area contributed by atoms with Gasteiger partial charge in [-0.15, -0.1) is 0 Å². The van der Waals surface area contributed by atoms with Gasteiger partial charge in [0.2, 0.25) is 0 Å². The van der Waals surface area contributed by atoms with Gasteiger partial charge in [0, 0.05) is 18.6 Å². The number of Topliss-reactive ketones (excluding diaryl/α,β-unsaturated/α-hetero) is 1. The molecule has 1 aromatic carbocycles. The molecule has 0 aromatic heterocycles. The lowest BCUT2D eigenvalue weighted by Gasteiger charge is -2.16. The average molecular weight is 310 g/mol. The van der Waals surface area contributed by atoms with Gasteiger partial charge in [-0.25, -0.2) is 0 Å². The van der Waals surface area contributed by atoms with Crippen LogP contribution in [0.15, 0.2) is 12.1 Å². The molecule has 1 N–H and O–H groups in total. The minimum absolute atomic E-state index is 0.108. The van der Waals surface area contributed by atoms with Crippen LogP contribution in [-0.4, -0.2) is 36.7 Å². The van der Waals surface area contributed by atoms with Crippen LogP contribution in [0.3, 0.4) is 0 Å². The van der Waals surface area contributed by atoms with Crippen LogP contribution in [0.25, 0.3) is 0 Å². The Labute approximate surface area is 130 Å². The Kier molecular flexibility index (Phi) is 7.22. The number of carboxylic acids is 1. The monoisotopic (exact) mass is 310 g/mol. The number of carboxylic acid groups (broad SMARTS) is 1. The van der Waals surface area contributed by atoms with Crippen LogP contribution in [-0.2, 0) is 4.79 Å². The van der Waals surface area contributed by atoms with Gasteiger partial charge in [0.05, 0.1) is 26.2 Å². The van der Waals surface area contributed by atoms with E-state index in [2.05, 4.69) is 0 Å². The van der Waals surface area contributed by atoms with Crippen molar-refractivity contribution < 1.29 is 28.9 Å². The van der Waals surface area contributed by atoms with Crippen LogP contribution < -0.4 is 14.2 Å². The van der Waals surface area contributed by atoms with Crippen LogP contribution in [0.2, 0.25) is 0 Å². The summed E-state index contributed by atoms with van der Waals surface area (Å²) in [5, 5.41) is 8.73. The van der Waals surface area contributed by atoms with Crippen LogP contribution >= 0.6 is 0 Å². The molecular formula is C16H22O6. The Morgan fingerprint density at radius 2 is 1.41 bits per heavy atom. The third kappa shape index (κ3) is 4.95.